The lowest BCUT2D eigenvalue weighted by Gasteiger charge is -2.24. The van der Waals surface area contributed by atoms with Crippen LogP contribution in [-0.2, 0) is 17.9 Å². The Hall–Kier alpha value is -3.00. The molecule has 0 aliphatic carbocycles. The zero-order valence-electron chi connectivity index (χ0n) is 14.2. The van der Waals surface area contributed by atoms with Crippen molar-refractivity contribution >= 4 is 5.91 Å². The third-order valence-electron chi connectivity index (χ3n) is 4.29. The van der Waals surface area contributed by atoms with Gasteiger partial charge in [0, 0.05) is 37.9 Å². The van der Waals surface area contributed by atoms with Gasteiger partial charge in [-0.05, 0) is 36.2 Å². The summed E-state index contributed by atoms with van der Waals surface area (Å²) in [6, 6.07) is 7.66. The Morgan fingerprint density at radius 3 is 2.85 bits per heavy atom. The first-order valence-corrected chi connectivity index (χ1v) is 8.53. The van der Waals surface area contributed by atoms with E-state index in [0.717, 1.165) is 12.0 Å². The van der Waals surface area contributed by atoms with E-state index in [1.54, 1.807) is 30.8 Å². The number of hydrogen-bond donors (Lipinski definition) is 1. The van der Waals surface area contributed by atoms with Crippen LogP contribution in [0.15, 0.2) is 51.9 Å². The second-order valence-corrected chi connectivity index (χ2v) is 6.32. The number of carbonyl (C=O) groups is 1. The van der Waals surface area contributed by atoms with E-state index >= 15 is 0 Å². The van der Waals surface area contributed by atoms with Crippen LogP contribution in [-0.4, -0.2) is 38.5 Å². The topological polar surface area (TPSA) is 97.3 Å². The van der Waals surface area contributed by atoms with Gasteiger partial charge in [0.2, 0.25) is 17.6 Å². The van der Waals surface area contributed by atoms with E-state index in [-0.39, 0.29) is 11.9 Å². The average Bonchev–Trinajstić information content (AvgIpc) is 3.38. The predicted octanol–water partition coefficient (Wildman–Crippen LogP) is 2.01. The number of nitrogens with zero attached hydrogens (tertiary/aromatic N) is 4. The first-order chi connectivity index (χ1) is 12.8. The Labute approximate surface area is 150 Å². The van der Waals surface area contributed by atoms with E-state index in [1.807, 2.05) is 12.1 Å². The highest BCUT2D eigenvalue weighted by Gasteiger charge is 2.24. The lowest BCUT2D eigenvalue weighted by atomic mass is 10.2. The number of amides is 1. The fourth-order valence-corrected chi connectivity index (χ4v) is 3.07. The molecular formula is C18H19N5O3. The maximum Gasteiger partial charge on any atom is 0.241 e. The molecule has 26 heavy (non-hydrogen) atoms. The molecule has 0 radical (unpaired) electrons. The van der Waals surface area contributed by atoms with Crippen LogP contribution >= 0.6 is 0 Å². The lowest BCUT2D eigenvalue weighted by molar-refractivity contribution is -0.119. The summed E-state index contributed by atoms with van der Waals surface area (Å²) in [4.78, 5) is 22.1. The number of aromatic nitrogens is 3. The van der Waals surface area contributed by atoms with E-state index in [9.17, 15) is 4.79 Å². The van der Waals surface area contributed by atoms with Crippen LogP contribution in [0, 0.1) is 0 Å². The van der Waals surface area contributed by atoms with Crippen molar-refractivity contribution in [2.75, 3.05) is 6.54 Å². The Morgan fingerprint density at radius 1 is 1.23 bits per heavy atom. The van der Waals surface area contributed by atoms with Crippen molar-refractivity contribution < 1.29 is 13.7 Å². The molecule has 1 aliphatic heterocycles. The second-order valence-electron chi connectivity index (χ2n) is 6.32. The summed E-state index contributed by atoms with van der Waals surface area (Å²) in [5, 5.41) is 6.99. The van der Waals surface area contributed by atoms with Crippen LogP contribution < -0.4 is 5.32 Å². The fraction of sp³-hybridized carbons (Fsp3) is 0.333. The van der Waals surface area contributed by atoms with Gasteiger partial charge in [0.15, 0.2) is 5.76 Å². The van der Waals surface area contributed by atoms with Gasteiger partial charge < -0.3 is 14.3 Å². The smallest absolute Gasteiger partial charge is 0.241 e. The highest BCUT2D eigenvalue weighted by atomic mass is 16.5. The molecule has 1 atom stereocenters. The average molecular weight is 353 g/mol. The highest BCUT2D eigenvalue weighted by molar-refractivity contribution is 5.78. The summed E-state index contributed by atoms with van der Waals surface area (Å²) in [6.07, 6.45) is 6.53. The number of nitrogens with one attached hydrogen (secondary N) is 1. The highest BCUT2D eigenvalue weighted by Crippen LogP contribution is 2.18. The second kappa shape index (κ2) is 7.49. The molecule has 134 valence electrons. The molecule has 3 aromatic rings. The molecule has 0 spiro atoms. The van der Waals surface area contributed by atoms with Crippen molar-refractivity contribution in [1.82, 2.24) is 25.3 Å². The zero-order valence-corrected chi connectivity index (χ0v) is 14.2. The molecule has 8 heteroatoms. The molecule has 1 N–H and O–H groups in total. The number of carbonyl (C=O) groups excluding carboxylic acids is 1. The maximum absolute atomic E-state index is 11.5. The van der Waals surface area contributed by atoms with Gasteiger partial charge in [-0.15, -0.1) is 0 Å². The molecule has 1 saturated heterocycles. The van der Waals surface area contributed by atoms with E-state index in [1.165, 1.54) is 0 Å². The molecule has 1 amide bonds. The summed E-state index contributed by atoms with van der Waals surface area (Å²) in [5.41, 5.74) is 1.13. The first-order valence-electron chi connectivity index (χ1n) is 8.53. The molecule has 3 aromatic heterocycles. The van der Waals surface area contributed by atoms with E-state index < -0.39 is 0 Å². The Morgan fingerprint density at radius 2 is 2.12 bits per heavy atom. The number of pyridine rings is 1. The van der Waals surface area contributed by atoms with Crippen LogP contribution in [0.3, 0.4) is 0 Å². The normalized spacial score (nSPS) is 17.0. The molecule has 0 aromatic carbocycles. The van der Waals surface area contributed by atoms with Gasteiger partial charge >= 0.3 is 0 Å². The van der Waals surface area contributed by atoms with E-state index in [4.69, 9.17) is 8.94 Å². The van der Waals surface area contributed by atoms with Crippen LogP contribution in [0.1, 0.15) is 24.3 Å². The minimum absolute atomic E-state index is 0.108. The first kappa shape index (κ1) is 16.5. The molecule has 0 saturated carbocycles. The monoisotopic (exact) mass is 353 g/mol. The van der Waals surface area contributed by atoms with Gasteiger partial charge in [0.1, 0.15) is 0 Å². The lowest BCUT2D eigenvalue weighted by Crippen LogP contribution is -2.38. The van der Waals surface area contributed by atoms with Crippen LogP contribution in [0.2, 0.25) is 0 Å². The molecule has 0 unspecified atom stereocenters. The summed E-state index contributed by atoms with van der Waals surface area (Å²) in [5.74, 6) is 1.62. The Bertz CT molecular complexity index is 847. The van der Waals surface area contributed by atoms with Crippen molar-refractivity contribution in [3.8, 4) is 11.6 Å². The molecule has 1 fully saturated rings. The molecule has 4 heterocycles. The third-order valence-corrected chi connectivity index (χ3v) is 4.29. The van der Waals surface area contributed by atoms with Crippen molar-refractivity contribution in [3.05, 3.63) is 54.4 Å². The van der Waals surface area contributed by atoms with Crippen molar-refractivity contribution in [2.45, 2.75) is 32.0 Å². The molecule has 1 aliphatic rings. The van der Waals surface area contributed by atoms with Gasteiger partial charge in [-0.2, -0.15) is 4.98 Å². The van der Waals surface area contributed by atoms with Gasteiger partial charge in [-0.25, -0.2) is 0 Å². The van der Waals surface area contributed by atoms with Crippen LogP contribution in [0.5, 0.6) is 0 Å². The summed E-state index contributed by atoms with van der Waals surface area (Å²) >= 11 is 0. The number of rotatable bonds is 7. The van der Waals surface area contributed by atoms with Gasteiger partial charge in [-0.3, -0.25) is 14.7 Å². The summed E-state index contributed by atoms with van der Waals surface area (Å²) in [6.45, 7) is 1.91. The standard InChI is InChI=1S/C18H19N5O3/c24-16-4-3-14(20-16)11-23(10-13-5-7-19-8-6-13)12-17-21-18(22-26-17)15-2-1-9-25-15/h1-2,5-9,14H,3-4,10-12H2,(H,20,24)/t14-/m0/s1. The van der Waals surface area contributed by atoms with Crippen LogP contribution in [0.4, 0.5) is 0 Å². The number of furan rings is 1. The summed E-state index contributed by atoms with van der Waals surface area (Å²) in [7, 11) is 0. The SMILES string of the molecule is O=C1CC[C@@H](CN(Cc2ccncc2)Cc2nc(-c3ccco3)no2)N1. The quantitative estimate of drug-likeness (QED) is 0.694. The Balaban J connectivity index is 1.47. The maximum atomic E-state index is 11.5. The fourth-order valence-electron chi connectivity index (χ4n) is 3.07. The third kappa shape index (κ3) is 3.97. The number of hydrogen-bond acceptors (Lipinski definition) is 7. The van der Waals surface area contributed by atoms with Crippen molar-refractivity contribution in [1.29, 1.82) is 0 Å². The van der Waals surface area contributed by atoms with Gasteiger partial charge in [0.25, 0.3) is 0 Å². The molecular weight excluding hydrogens is 334 g/mol. The molecule has 0 bridgehead atoms. The van der Waals surface area contributed by atoms with E-state index in [2.05, 4.69) is 25.3 Å². The zero-order chi connectivity index (χ0) is 17.8. The van der Waals surface area contributed by atoms with Gasteiger partial charge in [-0.1, -0.05) is 5.16 Å². The van der Waals surface area contributed by atoms with Crippen molar-refractivity contribution in [2.24, 2.45) is 0 Å². The Kier molecular flexibility index (Phi) is 4.74. The van der Waals surface area contributed by atoms with E-state index in [0.29, 0.717) is 43.5 Å². The predicted molar refractivity (Wildman–Crippen MR) is 91.5 cm³/mol. The van der Waals surface area contributed by atoms with Crippen LogP contribution in [0.25, 0.3) is 11.6 Å². The summed E-state index contributed by atoms with van der Waals surface area (Å²) < 4.78 is 10.7. The van der Waals surface area contributed by atoms with Gasteiger partial charge in [0.05, 0.1) is 12.8 Å². The molecule has 4 rings (SSSR count). The largest absolute Gasteiger partial charge is 0.461 e. The minimum atomic E-state index is 0.108. The van der Waals surface area contributed by atoms with Crippen molar-refractivity contribution in [3.63, 3.8) is 0 Å². The minimum Gasteiger partial charge on any atom is -0.461 e. The molecule has 8 nitrogen and oxygen atoms in total.